The third-order valence-electron chi connectivity index (χ3n) is 3.44. The van der Waals surface area contributed by atoms with Gasteiger partial charge in [0.1, 0.15) is 23.6 Å². The number of aryl methyl sites for hydroxylation is 1. The molecule has 0 unspecified atom stereocenters. The molecule has 0 bridgehead atoms. The van der Waals surface area contributed by atoms with E-state index < -0.39 is 0 Å². The van der Waals surface area contributed by atoms with E-state index in [1.165, 1.54) is 13.3 Å². The third kappa shape index (κ3) is 2.54. The summed E-state index contributed by atoms with van der Waals surface area (Å²) >= 11 is 0. The number of carbonyl (C=O) groups is 1. The standard InChI is InChI=1S/C15H16N6O2/c1-8(22)19-10-5-4-9(6-11(10)23-3)13-12-14(16)17-7-18-15(12)21(2)20-13/h4-7H,1-3H3,(H,19,22)(H2,16,17,18). The maximum absolute atomic E-state index is 11.2. The number of hydrogen-bond acceptors (Lipinski definition) is 6. The van der Waals surface area contributed by atoms with Crippen molar-refractivity contribution in [1.82, 2.24) is 19.7 Å². The quantitative estimate of drug-likeness (QED) is 0.760. The topological polar surface area (TPSA) is 108 Å². The van der Waals surface area contributed by atoms with Crippen molar-refractivity contribution < 1.29 is 9.53 Å². The van der Waals surface area contributed by atoms with Crippen LogP contribution in [0, 0.1) is 0 Å². The van der Waals surface area contributed by atoms with E-state index in [9.17, 15) is 4.79 Å². The molecule has 0 saturated carbocycles. The van der Waals surface area contributed by atoms with Crippen LogP contribution in [0.4, 0.5) is 11.5 Å². The van der Waals surface area contributed by atoms with E-state index in [2.05, 4.69) is 20.4 Å². The van der Waals surface area contributed by atoms with Gasteiger partial charge < -0.3 is 15.8 Å². The second kappa shape index (κ2) is 5.56. The lowest BCUT2D eigenvalue weighted by Gasteiger charge is -2.10. The zero-order valence-corrected chi connectivity index (χ0v) is 13.0. The van der Waals surface area contributed by atoms with Crippen LogP contribution in [-0.2, 0) is 11.8 Å². The van der Waals surface area contributed by atoms with Gasteiger partial charge in [-0.2, -0.15) is 5.10 Å². The minimum atomic E-state index is -0.169. The molecule has 3 N–H and O–H groups in total. The van der Waals surface area contributed by atoms with Crippen molar-refractivity contribution in [2.24, 2.45) is 7.05 Å². The molecule has 1 aromatic carbocycles. The van der Waals surface area contributed by atoms with Gasteiger partial charge in [0.15, 0.2) is 5.65 Å². The molecule has 0 aliphatic rings. The highest BCUT2D eigenvalue weighted by Gasteiger charge is 2.17. The number of carbonyl (C=O) groups excluding carboxylic acids is 1. The number of nitrogens with zero attached hydrogens (tertiary/aromatic N) is 4. The van der Waals surface area contributed by atoms with Crippen molar-refractivity contribution in [3.8, 4) is 17.0 Å². The van der Waals surface area contributed by atoms with Crippen LogP contribution in [-0.4, -0.2) is 32.8 Å². The Balaban J connectivity index is 2.18. The van der Waals surface area contributed by atoms with E-state index >= 15 is 0 Å². The fourth-order valence-corrected chi connectivity index (χ4v) is 2.44. The first-order chi connectivity index (χ1) is 11.0. The number of hydrogen-bond donors (Lipinski definition) is 2. The average Bonchev–Trinajstić information content (AvgIpc) is 2.86. The van der Waals surface area contributed by atoms with E-state index in [0.29, 0.717) is 34.0 Å². The van der Waals surface area contributed by atoms with Crippen molar-refractivity contribution in [2.75, 3.05) is 18.2 Å². The lowest BCUT2D eigenvalue weighted by molar-refractivity contribution is -0.114. The predicted octanol–water partition coefficient (Wildman–Crippen LogP) is 1.58. The van der Waals surface area contributed by atoms with Crippen molar-refractivity contribution in [3.63, 3.8) is 0 Å². The second-order valence-corrected chi connectivity index (χ2v) is 5.03. The largest absolute Gasteiger partial charge is 0.495 e. The summed E-state index contributed by atoms with van der Waals surface area (Å²) in [5.74, 6) is 0.729. The molecule has 0 saturated heterocycles. The number of nitrogen functional groups attached to an aromatic ring is 1. The van der Waals surface area contributed by atoms with Crippen LogP contribution in [0.1, 0.15) is 6.92 Å². The molecular formula is C15H16N6O2. The van der Waals surface area contributed by atoms with E-state index in [0.717, 1.165) is 5.56 Å². The van der Waals surface area contributed by atoms with Gasteiger partial charge in [-0.15, -0.1) is 0 Å². The third-order valence-corrected chi connectivity index (χ3v) is 3.44. The summed E-state index contributed by atoms with van der Waals surface area (Å²) in [6.07, 6.45) is 1.41. The summed E-state index contributed by atoms with van der Waals surface area (Å²) in [5, 5.41) is 7.88. The average molecular weight is 312 g/mol. The molecule has 0 aliphatic carbocycles. The molecule has 1 amide bonds. The summed E-state index contributed by atoms with van der Waals surface area (Å²) in [6, 6.07) is 5.39. The van der Waals surface area contributed by atoms with Gasteiger partial charge in [-0.05, 0) is 12.1 Å². The van der Waals surface area contributed by atoms with Crippen molar-refractivity contribution >= 4 is 28.4 Å². The maximum atomic E-state index is 11.2. The van der Waals surface area contributed by atoms with E-state index in [1.54, 1.807) is 31.0 Å². The zero-order valence-electron chi connectivity index (χ0n) is 13.0. The molecule has 0 fully saturated rings. The molecule has 2 aromatic heterocycles. The first-order valence-corrected chi connectivity index (χ1v) is 6.90. The maximum Gasteiger partial charge on any atom is 0.221 e. The number of fused-ring (bicyclic) bond motifs is 1. The van der Waals surface area contributed by atoms with Gasteiger partial charge in [-0.1, -0.05) is 6.07 Å². The van der Waals surface area contributed by atoms with Gasteiger partial charge in [-0.3, -0.25) is 4.79 Å². The lowest BCUT2D eigenvalue weighted by Crippen LogP contribution is -2.07. The Bertz CT molecular complexity index is 902. The molecule has 8 heteroatoms. The van der Waals surface area contributed by atoms with Gasteiger partial charge in [0, 0.05) is 19.5 Å². The zero-order chi connectivity index (χ0) is 16.6. The molecule has 23 heavy (non-hydrogen) atoms. The number of rotatable bonds is 3. The van der Waals surface area contributed by atoms with Crippen LogP contribution >= 0.6 is 0 Å². The van der Waals surface area contributed by atoms with Crippen molar-refractivity contribution in [2.45, 2.75) is 6.92 Å². The smallest absolute Gasteiger partial charge is 0.221 e. The van der Waals surface area contributed by atoms with Gasteiger partial charge >= 0.3 is 0 Å². The van der Waals surface area contributed by atoms with Gasteiger partial charge in [-0.25, -0.2) is 14.6 Å². The van der Waals surface area contributed by atoms with Crippen molar-refractivity contribution in [1.29, 1.82) is 0 Å². The summed E-state index contributed by atoms with van der Waals surface area (Å²) in [4.78, 5) is 19.5. The summed E-state index contributed by atoms with van der Waals surface area (Å²) in [6.45, 7) is 1.44. The number of benzene rings is 1. The van der Waals surface area contributed by atoms with Crippen LogP contribution in [0.25, 0.3) is 22.3 Å². The van der Waals surface area contributed by atoms with Gasteiger partial charge in [0.2, 0.25) is 5.91 Å². The van der Waals surface area contributed by atoms with E-state index in [1.807, 2.05) is 6.07 Å². The number of ether oxygens (including phenoxy) is 1. The molecule has 0 atom stereocenters. The Morgan fingerprint density at radius 3 is 2.83 bits per heavy atom. The molecule has 3 rings (SSSR count). The number of amides is 1. The monoisotopic (exact) mass is 312 g/mol. The van der Waals surface area contributed by atoms with Crippen molar-refractivity contribution in [3.05, 3.63) is 24.5 Å². The Kier molecular flexibility index (Phi) is 3.57. The lowest BCUT2D eigenvalue weighted by atomic mass is 10.1. The summed E-state index contributed by atoms with van der Waals surface area (Å²) in [5.41, 5.74) is 8.68. The van der Waals surface area contributed by atoms with Crippen LogP contribution in [0.2, 0.25) is 0 Å². The van der Waals surface area contributed by atoms with E-state index in [4.69, 9.17) is 10.5 Å². The minimum absolute atomic E-state index is 0.169. The summed E-state index contributed by atoms with van der Waals surface area (Å²) < 4.78 is 7.00. The second-order valence-electron chi connectivity index (χ2n) is 5.03. The number of nitrogens with one attached hydrogen (secondary N) is 1. The van der Waals surface area contributed by atoms with Crippen LogP contribution in [0.3, 0.4) is 0 Å². The molecule has 0 radical (unpaired) electrons. The van der Waals surface area contributed by atoms with Crippen LogP contribution in [0.5, 0.6) is 5.75 Å². The Hall–Kier alpha value is -3.16. The fourth-order valence-electron chi connectivity index (χ4n) is 2.44. The van der Waals surface area contributed by atoms with Crippen LogP contribution in [0.15, 0.2) is 24.5 Å². The Morgan fingerprint density at radius 2 is 2.13 bits per heavy atom. The number of nitrogens with two attached hydrogens (primary N) is 1. The Morgan fingerprint density at radius 1 is 1.35 bits per heavy atom. The van der Waals surface area contributed by atoms with Gasteiger partial charge in [0.25, 0.3) is 0 Å². The van der Waals surface area contributed by atoms with Gasteiger partial charge in [0.05, 0.1) is 18.2 Å². The molecular weight excluding hydrogens is 296 g/mol. The molecule has 0 aliphatic heterocycles. The highest BCUT2D eigenvalue weighted by molar-refractivity contribution is 5.99. The highest BCUT2D eigenvalue weighted by Crippen LogP contribution is 2.34. The van der Waals surface area contributed by atoms with Crippen LogP contribution < -0.4 is 15.8 Å². The molecule has 8 nitrogen and oxygen atoms in total. The highest BCUT2D eigenvalue weighted by atomic mass is 16.5. The number of methoxy groups -OCH3 is 1. The normalized spacial score (nSPS) is 10.7. The molecule has 118 valence electrons. The van der Waals surface area contributed by atoms with E-state index in [-0.39, 0.29) is 5.91 Å². The SMILES string of the molecule is COc1cc(-c2nn(C)c3ncnc(N)c23)ccc1NC(C)=O. The first kappa shape index (κ1) is 14.8. The number of anilines is 2. The Labute approximate surface area is 132 Å². The summed E-state index contributed by atoms with van der Waals surface area (Å²) in [7, 11) is 3.33. The number of aromatic nitrogens is 4. The molecule has 0 spiro atoms. The first-order valence-electron chi connectivity index (χ1n) is 6.90. The minimum Gasteiger partial charge on any atom is -0.495 e. The molecule has 2 heterocycles. The molecule has 3 aromatic rings. The predicted molar refractivity (Wildman–Crippen MR) is 87.0 cm³/mol. The fraction of sp³-hybridized carbons (Fsp3) is 0.200.